The summed E-state index contributed by atoms with van der Waals surface area (Å²) in [4.78, 5) is 10.7. The Balaban J connectivity index is 1.99. The summed E-state index contributed by atoms with van der Waals surface area (Å²) in [6.45, 7) is 0. The summed E-state index contributed by atoms with van der Waals surface area (Å²) in [5, 5.41) is 12.6. The number of ether oxygens (including phenoxy) is 1. The molecule has 0 saturated heterocycles. The molecule has 0 spiro atoms. The maximum Gasteiger partial charge on any atom is 0.507 e. The third-order valence-corrected chi connectivity index (χ3v) is 3.74. The Labute approximate surface area is 109 Å². The van der Waals surface area contributed by atoms with Gasteiger partial charge in [-0.25, -0.2) is 4.79 Å². The third-order valence-electron chi connectivity index (χ3n) is 3.50. The number of fused-ring (bicyclic) bond motifs is 3. The molecule has 0 aromatic heterocycles. The lowest BCUT2D eigenvalue weighted by atomic mass is 9.83. The van der Waals surface area contributed by atoms with Gasteiger partial charge in [0.1, 0.15) is 0 Å². The van der Waals surface area contributed by atoms with Gasteiger partial charge in [0.25, 0.3) is 0 Å². The van der Waals surface area contributed by atoms with E-state index in [1.165, 1.54) is 0 Å². The van der Waals surface area contributed by atoms with Crippen LogP contribution in [-0.4, -0.2) is 17.5 Å². The lowest BCUT2D eigenvalue weighted by molar-refractivity contribution is 0.0345. The Morgan fingerprint density at radius 3 is 3.11 bits per heavy atom. The van der Waals surface area contributed by atoms with Crippen LogP contribution >= 0.6 is 11.6 Å². The van der Waals surface area contributed by atoms with Crippen molar-refractivity contribution in [1.29, 1.82) is 0 Å². The van der Waals surface area contributed by atoms with Crippen LogP contribution in [0, 0.1) is 5.92 Å². The first-order valence-electron chi connectivity index (χ1n) is 5.77. The quantitative estimate of drug-likeness (QED) is 0.603. The van der Waals surface area contributed by atoms with Crippen LogP contribution in [0.25, 0.3) is 0 Å². The fourth-order valence-electron chi connectivity index (χ4n) is 2.74. The number of allylic oxidation sites excluding steroid dienone is 2. The van der Waals surface area contributed by atoms with Crippen molar-refractivity contribution in [1.82, 2.24) is 0 Å². The molecule has 18 heavy (non-hydrogen) atoms. The number of benzene rings is 1. The van der Waals surface area contributed by atoms with Gasteiger partial charge in [-0.15, -0.1) is 0 Å². The highest BCUT2D eigenvalue weighted by atomic mass is 35.5. The fraction of sp³-hybridized carbons (Fsp3) is 0.308. The van der Waals surface area contributed by atoms with Gasteiger partial charge in [0.15, 0.2) is 6.23 Å². The molecule has 0 radical (unpaired) electrons. The minimum Gasteiger partial charge on any atom is -0.450 e. The molecule has 1 aliphatic carbocycles. The van der Waals surface area contributed by atoms with Crippen LogP contribution in [0.4, 0.5) is 10.5 Å². The summed E-state index contributed by atoms with van der Waals surface area (Å²) < 4.78 is 4.92. The van der Waals surface area contributed by atoms with E-state index in [-0.39, 0.29) is 11.8 Å². The van der Waals surface area contributed by atoms with E-state index in [9.17, 15) is 4.79 Å². The standard InChI is InChI=1S/C13H12ClNO3/c14-7-4-5-11-10(6-7)8-2-1-3-9(8)12(15-11)18-13(16)17/h1-2,4-6,8-9,12,15H,3H2,(H,16,17). The van der Waals surface area contributed by atoms with Gasteiger partial charge in [-0.05, 0) is 30.2 Å². The average Bonchev–Trinajstić information content (AvgIpc) is 2.79. The number of carboxylic acid groups (broad SMARTS) is 1. The number of nitrogens with one attached hydrogen (secondary N) is 1. The topological polar surface area (TPSA) is 58.6 Å². The molecule has 0 fully saturated rings. The second-order valence-corrected chi connectivity index (χ2v) is 4.97. The SMILES string of the molecule is O=C(O)OC1Nc2ccc(Cl)cc2C2C=CCC12. The van der Waals surface area contributed by atoms with Gasteiger partial charge < -0.3 is 15.2 Å². The van der Waals surface area contributed by atoms with E-state index in [1.54, 1.807) is 6.07 Å². The molecular formula is C13H12ClNO3. The maximum absolute atomic E-state index is 10.7. The van der Waals surface area contributed by atoms with Crippen molar-refractivity contribution in [2.24, 2.45) is 5.92 Å². The molecule has 1 aromatic rings. The van der Waals surface area contributed by atoms with Crippen LogP contribution in [0.5, 0.6) is 0 Å². The molecule has 1 aliphatic heterocycles. The molecule has 0 saturated carbocycles. The third kappa shape index (κ3) is 1.82. The zero-order chi connectivity index (χ0) is 12.7. The smallest absolute Gasteiger partial charge is 0.450 e. The summed E-state index contributed by atoms with van der Waals surface area (Å²) in [6, 6.07) is 5.57. The van der Waals surface area contributed by atoms with Crippen molar-refractivity contribution in [3.8, 4) is 0 Å². The maximum atomic E-state index is 10.7. The van der Waals surface area contributed by atoms with Crippen LogP contribution in [-0.2, 0) is 4.74 Å². The molecule has 5 heteroatoms. The van der Waals surface area contributed by atoms with E-state index >= 15 is 0 Å². The van der Waals surface area contributed by atoms with Crippen LogP contribution in [0.15, 0.2) is 30.4 Å². The predicted octanol–water partition coefficient (Wildman–Crippen LogP) is 3.45. The molecule has 3 atom stereocenters. The van der Waals surface area contributed by atoms with E-state index in [0.29, 0.717) is 5.02 Å². The fourth-order valence-corrected chi connectivity index (χ4v) is 2.92. The summed E-state index contributed by atoms with van der Waals surface area (Å²) in [5.74, 6) is 0.274. The summed E-state index contributed by atoms with van der Waals surface area (Å²) >= 11 is 6.01. The number of carbonyl (C=O) groups is 1. The first-order valence-corrected chi connectivity index (χ1v) is 6.15. The summed E-state index contributed by atoms with van der Waals surface area (Å²) in [6.07, 6.45) is 3.21. The number of rotatable bonds is 1. The molecule has 2 N–H and O–H groups in total. The zero-order valence-corrected chi connectivity index (χ0v) is 10.2. The lowest BCUT2D eigenvalue weighted by Gasteiger charge is -2.35. The number of hydrogen-bond donors (Lipinski definition) is 2. The van der Waals surface area contributed by atoms with Gasteiger partial charge in [0.05, 0.1) is 0 Å². The first kappa shape index (κ1) is 11.4. The van der Waals surface area contributed by atoms with E-state index < -0.39 is 12.4 Å². The van der Waals surface area contributed by atoms with Gasteiger partial charge in [0.2, 0.25) is 0 Å². The molecule has 0 bridgehead atoms. The second kappa shape index (κ2) is 4.21. The Bertz CT molecular complexity index is 529. The highest BCUT2D eigenvalue weighted by molar-refractivity contribution is 6.30. The molecule has 4 nitrogen and oxygen atoms in total. The van der Waals surface area contributed by atoms with Gasteiger partial charge in [-0.2, -0.15) is 0 Å². The van der Waals surface area contributed by atoms with E-state index in [2.05, 4.69) is 17.5 Å². The largest absolute Gasteiger partial charge is 0.507 e. The van der Waals surface area contributed by atoms with Crippen molar-refractivity contribution in [3.05, 3.63) is 40.9 Å². The number of hydrogen-bond acceptors (Lipinski definition) is 3. The summed E-state index contributed by atoms with van der Waals surface area (Å²) in [7, 11) is 0. The van der Waals surface area contributed by atoms with Gasteiger partial charge >= 0.3 is 6.16 Å². The van der Waals surface area contributed by atoms with Gasteiger partial charge in [-0.3, -0.25) is 0 Å². The molecular weight excluding hydrogens is 254 g/mol. The predicted molar refractivity (Wildman–Crippen MR) is 68.0 cm³/mol. The minimum absolute atomic E-state index is 0.104. The van der Waals surface area contributed by atoms with Crippen LogP contribution in [0.1, 0.15) is 17.9 Å². The Kier molecular flexibility index (Phi) is 2.67. The molecule has 94 valence electrons. The Hall–Kier alpha value is -1.68. The molecule has 3 rings (SSSR count). The molecule has 2 aliphatic rings. The second-order valence-electron chi connectivity index (χ2n) is 4.53. The van der Waals surface area contributed by atoms with Crippen molar-refractivity contribution in [2.75, 3.05) is 5.32 Å². The van der Waals surface area contributed by atoms with E-state index in [0.717, 1.165) is 17.7 Å². The lowest BCUT2D eigenvalue weighted by Crippen LogP contribution is -2.39. The molecule has 1 aromatic carbocycles. The van der Waals surface area contributed by atoms with Crippen molar-refractivity contribution in [2.45, 2.75) is 18.6 Å². The number of anilines is 1. The van der Waals surface area contributed by atoms with Crippen LogP contribution in [0.2, 0.25) is 5.02 Å². The van der Waals surface area contributed by atoms with E-state index in [1.807, 2.05) is 12.1 Å². The first-order chi connectivity index (χ1) is 8.65. The monoisotopic (exact) mass is 265 g/mol. The highest BCUT2D eigenvalue weighted by Gasteiger charge is 2.39. The van der Waals surface area contributed by atoms with Crippen molar-refractivity contribution < 1.29 is 14.6 Å². The summed E-state index contributed by atoms with van der Waals surface area (Å²) in [5.41, 5.74) is 1.99. The highest BCUT2D eigenvalue weighted by Crippen LogP contribution is 2.45. The van der Waals surface area contributed by atoms with Crippen LogP contribution in [0.3, 0.4) is 0 Å². The van der Waals surface area contributed by atoms with Gasteiger partial charge in [-0.1, -0.05) is 23.8 Å². The van der Waals surface area contributed by atoms with E-state index in [4.69, 9.17) is 21.4 Å². The zero-order valence-electron chi connectivity index (χ0n) is 9.47. The van der Waals surface area contributed by atoms with Crippen molar-refractivity contribution in [3.63, 3.8) is 0 Å². The normalized spacial score (nSPS) is 28.2. The Morgan fingerprint density at radius 2 is 2.33 bits per heavy atom. The van der Waals surface area contributed by atoms with Crippen molar-refractivity contribution >= 4 is 23.4 Å². The molecule has 1 heterocycles. The minimum atomic E-state index is -1.25. The molecule has 0 amide bonds. The average molecular weight is 266 g/mol. The molecule has 3 unspecified atom stereocenters. The van der Waals surface area contributed by atoms with Gasteiger partial charge in [0, 0.05) is 22.5 Å². The Morgan fingerprint density at radius 1 is 1.50 bits per heavy atom. The van der Waals surface area contributed by atoms with Crippen LogP contribution < -0.4 is 5.32 Å². The number of halogens is 1.